The summed E-state index contributed by atoms with van der Waals surface area (Å²) in [6.07, 6.45) is 0.738. The highest BCUT2D eigenvalue weighted by atomic mass is 16.5. The zero-order valence-electron chi connectivity index (χ0n) is 17.0. The summed E-state index contributed by atoms with van der Waals surface area (Å²) in [7, 11) is 3.21. The van der Waals surface area contributed by atoms with Crippen LogP contribution in [0.5, 0.6) is 11.5 Å². The van der Waals surface area contributed by atoms with Crippen molar-refractivity contribution in [3.63, 3.8) is 0 Å². The second-order valence-corrected chi connectivity index (χ2v) is 6.63. The van der Waals surface area contributed by atoms with E-state index in [4.69, 9.17) is 18.6 Å². The number of hydrogen-bond acceptors (Lipinski definition) is 6. The Labute approximate surface area is 164 Å². The van der Waals surface area contributed by atoms with E-state index in [0.717, 1.165) is 12.0 Å². The van der Waals surface area contributed by atoms with Gasteiger partial charge >= 0.3 is 5.63 Å². The monoisotopic (exact) mass is 389 g/mol. The molecule has 1 amide bonds. The number of hydrogen-bond donors (Lipinski definition) is 1. The van der Waals surface area contributed by atoms with E-state index in [1.165, 1.54) is 6.92 Å². The van der Waals surface area contributed by atoms with Crippen molar-refractivity contribution in [2.45, 2.75) is 33.1 Å². The third kappa shape index (κ3) is 5.36. The molecule has 0 spiro atoms. The molecule has 0 aliphatic rings. The maximum absolute atomic E-state index is 12.3. The number of carbonyl (C=O) groups is 1. The zero-order chi connectivity index (χ0) is 20.7. The van der Waals surface area contributed by atoms with Crippen molar-refractivity contribution in [1.82, 2.24) is 0 Å². The smallest absolute Gasteiger partial charge is 0.360 e. The molecule has 1 heterocycles. The molecule has 152 valence electrons. The summed E-state index contributed by atoms with van der Waals surface area (Å²) < 4.78 is 21.8. The van der Waals surface area contributed by atoms with Crippen molar-refractivity contribution in [2.75, 3.05) is 32.8 Å². The van der Waals surface area contributed by atoms with Crippen LogP contribution in [0.4, 0.5) is 5.69 Å². The molecule has 0 unspecified atom stereocenters. The van der Waals surface area contributed by atoms with Crippen LogP contribution in [-0.4, -0.2) is 33.3 Å². The highest BCUT2D eigenvalue weighted by molar-refractivity contribution is 5.88. The van der Waals surface area contributed by atoms with Gasteiger partial charge in [-0.2, -0.15) is 0 Å². The molecule has 0 fully saturated rings. The standard InChI is InChI=1S/C21H27NO6/c1-13(2)16-12-17(22-14(3)23)21(24)28-20(16)15-7-8-18(26-5)19(11-15)27-10-6-9-25-4/h7-8,11-13H,6,9-10H2,1-5H3,(H,22,23). The van der Waals surface area contributed by atoms with E-state index in [2.05, 4.69) is 5.32 Å². The van der Waals surface area contributed by atoms with Crippen LogP contribution in [-0.2, 0) is 9.53 Å². The van der Waals surface area contributed by atoms with Gasteiger partial charge in [-0.25, -0.2) is 4.79 Å². The second kappa shape index (κ2) is 9.94. The largest absolute Gasteiger partial charge is 0.493 e. The van der Waals surface area contributed by atoms with E-state index in [-0.39, 0.29) is 17.5 Å². The molecule has 0 saturated carbocycles. The topological polar surface area (TPSA) is 87.0 Å². The van der Waals surface area contributed by atoms with E-state index < -0.39 is 5.63 Å². The summed E-state index contributed by atoms with van der Waals surface area (Å²) >= 11 is 0. The van der Waals surface area contributed by atoms with Crippen LogP contribution in [0.25, 0.3) is 11.3 Å². The molecular weight excluding hydrogens is 362 g/mol. The van der Waals surface area contributed by atoms with E-state index in [0.29, 0.717) is 36.0 Å². The summed E-state index contributed by atoms with van der Waals surface area (Å²) in [4.78, 5) is 23.7. The molecule has 1 N–H and O–H groups in total. The minimum atomic E-state index is -0.604. The predicted octanol–water partition coefficient (Wildman–Crippen LogP) is 3.81. The molecule has 0 aliphatic carbocycles. The number of carbonyl (C=O) groups excluding carboxylic acids is 1. The Balaban J connectivity index is 2.46. The first-order chi connectivity index (χ1) is 13.4. The van der Waals surface area contributed by atoms with Crippen molar-refractivity contribution in [2.24, 2.45) is 0 Å². The third-order valence-electron chi connectivity index (χ3n) is 4.09. The first kappa shape index (κ1) is 21.5. The molecule has 0 radical (unpaired) electrons. The maximum Gasteiger partial charge on any atom is 0.360 e. The fourth-order valence-corrected chi connectivity index (χ4v) is 2.73. The molecule has 2 rings (SSSR count). The van der Waals surface area contributed by atoms with Crippen LogP contribution in [0.2, 0.25) is 0 Å². The SMILES string of the molecule is COCCCOc1cc(-c2oc(=O)c(NC(C)=O)cc2C(C)C)ccc1OC. The van der Waals surface area contributed by atoms with Crippen molar-refractivity contribution < 1.29 is 23.4 Å². The van der Waals surface area contributed by atoms with Crippen LogP contribution in [0.3, 0.4) is 0 Å². The summed E-state index contributed by atoms with van der Waals surface area (Å²) in [5.41, 5.74) is 1.02. The number of benzene rings is 1. The summed E-state index contributed by atoms with van der Waals surface area (Å²) in [5, 5.41) is 2.51. The van der Waals surface area contributed by atoms with Crippen molar-refractivity contribution in [1.29, 1.82) is 0 Å². The number of anilines is 1. The summed E-state index contributed by atoms with van der Waals surface area (Å²) in [6.45, 7) is 6.39. The van der Waals surface area contributed by atoms with Gasteiger partial charge in [-0.15, -0.1) is 0 Å². The fraction of sp³-hybridized carbons (Fsp3) is 0.429. The minimum absolute atomic E-state index is 0.0695. The van der Waals surface area contributed by atoms with Gasteiger partial charge < -0.3 is 23.9 Å². The lowest BCUT2D eigenvalue weighted by Gasteiger charge is -2.15. The van der Waals surface area contributed by atoms with Gasteiger partial charge in [-0.1, -0.05) is 13.8 Å². The number of ether oxygens (including phenoxy) is 3. The first-order valence-corrected chi connectivity index (χ1v) is 9.13. The zero-order valence-corrected chi connectivity index (χ0v) is 17.0. The Morgan fingerprint density at radius 1 is 1.14 bits per heavy atom. The molecule has 0 aliphatic heterocycles. The molecule has 28 heavy (non-hydrogen) atoms. The number of methoxy groups -OCH3 is 2. The van der Waals surface area contributed by atoms with Gasteiger partial charge in [0.25, 0.3) is 0 Å². The van der Waals surface area contributed by atoms with Gasteiger partial charge in [-0.3, -0.25) is 4.79 Å². The lowest BCUT2D eigenvalue weighted by atomic mass is 9.97. The second-order valence-electron chi connectivity index (χ2n) is 6.63. The maximum atomic E-state index is 12.3. The van der Waals surface area contributed by atoms with Gasteiger partial charge in [0, 0.05) is 38.2 Å². The molecule has 0 saturated heterocycles. The Kier molecular flexibility index (Phi) is 7.63. The number of nitrogens with one attached hydrogen (secondary N) is 1. The number of rotatable bonds is 9. The molecule has 1 aromatic carbocycles. The average molecular weight is 389 g/mol. The summed E-state index contributed by atoms with van der Waals surface area (Å²) in [6, 6.07) is 7.03. The number of amides is 1. The minimum Gasteiger partial charge on any atom is -0.493 e. The van der Waals surface area contributed by atoms with E-state index in [1.807, 2.05) is 19.9 Å². The Morgan fingerprint density at radius 3 is 2.50 bits per heavy atom. The molecule has 7 heteroatoms. The molecular formula is C21H27NO6. The van der Waals surface area contributed by atoms with Gasteiger partial charge in [0.05, 0.1) is 13.7 Å². The highest BCUT2D eigenvalue weighted by Crippen LogP contribution is 2.36. The molecule has 0 atom stereocenters. The van der Waals surface area contributed by atoms with Crippen molar-refractivity contribution in [3.05, 3.63) is 40.2 Å². The molecule has 2 aromatic rings. The van der Waals surface area contributed by atoms with E-state index in [9.17, 15) is 9.59 Å². The molecule has 0 bridgehead atoms. The Bertz CT molecular complexity index is 872. The van der Waals surface area contributed by atoms with Gasteiger partial charge in [-0.05, 0) is 30.2 Å². The third-order valence-corrected chi connectivity index (χ3v) is 4.09. The van der Waals surface area contributed by atoms with Crippen molar-refractivity contribution in [3.8, 4) is 22.8 Å². The average Bonchev–Trinajstić information content (AvgIpc) is 2.66. The van der Waals surface area contributed by atoms with Crippen LogP contribution < -0.4 is 20.4 Å². The van der Waals surface area contributed by atoms with Crippen LogP contribution >= 0.6 is 0 Å². The van der Waals surface area contributed by atoms with Gasteiger partial charge in [0.15, 0.2) is 11.5 Å². The van der Waals surface area contributed by atoms with Crippen molar-refractivity contribution >= 4 is 11.6 Å². The lowest BCUT2D eigenvalue weighted by Crippen LogP contribution is -2.16. The van der Waals surface area contributed by atoms with Crippen LogP contribution in [0.15, 0.2) is 33.5 Å². The van der Waals surface area contributed by atoms with Gasteiger partial charge in [0.1, 0.15) is 11.4 Å². The predicted molar refractivity (Wildman–Crippen MR) is 107 cm³/mol. The first-order valence-electron chi connectivity index (χ1n) is 9.13. The van der Waals surface area contributed by atoms with Crippen LogP contribution in [0, 0.1) is 0 Å². The van der Waals surface area contributed by atoms with Crippen LogP contribution in [0.1, 0.15) is 38.7 Å². The Hall–Kier alpha value is -2.80. The molecule has 7 nitrogen and oxygen atoms in total. The van der Waals surface area contributed by atoms with E-state index >= 15 is 0 Å². The van der Waals surface area contributed by atoms with E-state index in [1.54, 1.807) is 32.4 Å². The molecule has 1 aromatic heterocycles. The summed E-state index contributed by atoms with van der Waals surface area (Å²) in [5.74, 6) is 1.33. The highest BCUT2D eigenvalue weighted by Gasteiger charge is 2.18. The van der Waals surface area contributed by atoms with Gasteiger partial charge in [0.2, 0.25) is 5.91 Å². The lowest BCUT2D eigenvalue weighted by molar-refractivity contribution is -0.114. The quantitative estimate of drug-likeness (QED) is 0.656. The fourth-order valence-electron chi connectivity index (χ4n) is 2.73. The Morgan fingerprint density at radius 2 is 1.89 bits per heavy atom. The normalized spacial score (nSPS) is 10.8.